The molecule has 1 fully saturated rings. The lowest BCUT2D eigenvalue weighted by atomic mass is 9.87. The minimum absolute atomic E-state index is 0.615. The number of hydrogen-bond donors (Lipinski definition) is 2. The van der Waals surface area contributed by atoms with E-state index in [2.05, 4.69) is 43.4 Å². The van der Waals surface area contributed by atoms with Crippen molar-refractivity contribution in [2.75, 3.05) is 13.1 Å². The first kappa shape index (κ1) is 10.7. The van der Waals surface area contributed by atoms with Crippen molar-refractivity contribution in [2.24, 2.45) is 5.92 Å². The van der Waals surface area contributed by atoms with Crippen molar-refractivity contribution in [2.45, 2.75) is 25.9 Å². The molecule has 0 bridgehead atoms. The molecule has 82 valence electrons. The second-order valence-corrected chi connectivity index (χ2v) is 4.93. The maximum Gasteiger partial charge on any atom is 0.114 e. The summed E-state index contributed by atoms with van der Waals surface area (Å²) in [6, 6.07) is 8.37. The van der Waals surface area contributed by atoms with Crippen LogP contribution in [0.5, 0.6) is 0 Å². The van der Waals surface area contributed by atoms with Gasteiger partial charge in [-0.25, -0.2) is 0 Å². The molecule has 0 aromatic heterocycles. The fourth-order valence-corrected chi connectivity index (χ4v) is 1.99. The van der Waals surface area contributed by atoms with Crippen LogP contribution < -0.4 is 5.32 Å². The molecule has 15 heavy (non-hydrogen) atoms. The van der Waals surface area contributed by atoms with Crippen molar-refractivity contribution < 1.29 is 5.11 Å². The normalized spacial score (nSPS) is 18.9. The monoisotopic (exact) mass is 205 g/mol. The molecule has 1 aliphatic rings. The number of nitrogens with one attached hydrogen (secondary N) is 1. The van der Waals surface area contributed by atoms with E-state index in [9.17, 15) is 5.11 Å². The number of aliphatic hydroxyl groups is 1. The summed E-state index contributed by atoms with van der Waals surface area (Å²) in [6.45, 7) is 5.79. The highest BCUT2D eigenvalue weighted by Crippen LogP contribution is 2.25. The quantitative estimate of drug-likeness (QED) is 0.787. The summed E-state index contributed by atoms with van der Waals surface area (Å²) in [7, 11) is 0. The molecule has 0 radical (unpaired) electrons. The smallest absolute Gasteiger partial charge is 0.114 e. The van der Waals surface area contributed by atoms with Crippen LogP contribution in [0, 0.1) is 5.92 Å². The molecule has 2 heteroatoms. The summed E-state index contributed by atoms with van der Waals surface area (Å²) < 4.78 is 0. The molecule has 1 aromatic rings. The largest absolute Gasteiger partial charge is 0.382 e. The summed E-state index contributed by atoms with van der Waals surface area (Å²) in [4.78, 5) is 0. The predicted molar refractivity (Wildman–Crippen MR) is 61.8 cm³/mol. The number of β-amino-alcohol motifs (C(OH)–C–C–N with tert-alkyl or cyclic N) is 1. The van der Waals surface area contributed by atoms with Crippen LogP contribution >= 0.6 is 0 Å². The van der Waals surface area contributed by atoms with Gasteiger partial charge in [-0.05, 0) is 23.5 Å². The molecule has 0 atom stereocenters. The van der Waals surface area contributed by atoms with Crippen molar-refractivity contribution in [3.8, 4) is 0 Å². The van der Waals surface area contributed by atoms with E-state index in [0.29, 0.717) is 19.0 Å². The standard InChI is InChI=1S/C13H19NO/c1-10(2)7-11-3-5-12(6-4-11)13(15)8-14-9-13/h3-6,10,14-15H,7-9H2,1-2H3. The summed E-state index contributed by atoms with van der Waals surface area (Å²) in [6.07, 6.45) is 1.11. The molecule has 0 unspecified atom stereocenters. The summed E-state index contributed by atoms with van der Waals surface area (Å²) >= 11 is 0. The number of hydrogen-bond acceptors (Lipinski definition) is 2. The highest BCUT2D eigenvalue weighted by molar-refractivity contribution is 5.29. The highest BCUT2D eigenvalue weighted by atomic mass is 16.3. The van der Waals surface area contributed by atoms with Gasteiger partial charge in [-0.15, -0.1) is 0 Å². The van der Waals surface area contributed by atoms with Crippen LogP contribution in [0.1, 0.15) is 25.0 Å². The van der Waals surface area contributed by atoms with Crippen molar-refractivity contribution in [1.29, 1.82) is 0 Å². The maximum absolute atomic E-state index is 10.1. The minimum Gasteiger partial charge on any atom is -0.382 e. The van der Waals surface area contributed by atoms with Gasteiger partial charge in [-0.3, -0.25) is 0 Å². The first-order valence-electron chi connectivity index (χ1n) is 5.63. The molecular weight excluding hydrogens is 186 g/mol. The molecule has 2 nitrogen and oxygen atoms in total. The fraction of sp³-hybridized carbons (Fsp3) is 0.538. The zero-order valence-corrected chi connectivity index (χ0v) is 9.46. The Bertz CT molecular complexity index is 325. The third-order valence-electron chi connectivity index (χ3n) is 2.97. The average molecular weight is 205 g/mol. The Morgan fingerprint density at radius 2 is 1.87 bits per heavy atom. The van der Waals surface area contributed by atoms with Crippen LogP contribution in [-0.4, -0.2) is 18.2 Å². The Balaban J connectivity index is 2.10. The lowest BCUT2D eigenvalue weighted by Crippen LogP contribution is -2.56. The number of benzene rings is 1. The van der Waals surface area contributed by atoms with Gasteiger partial charge in [0.25, 0.3) is 0 Å². The van der Waals surface area contributed by atoms with E-state index in [0.717, 1.165) is 12.0 Å². The molecule has 2 rings (SSSR count). The van der Waals surface area contributed by atoms with E-state index < -0.39 is 5.60 Å². The minimum atomic E-state index is -0.615. The van der Waals surface area contributed by atoms with E-state index in [1.165, 1.54) is 5.56 Å². The van der Waals surface area contributed by atoms with Crippen molar-refractivity contribution in [1.82, 2.24) is 5.32 Å². The average Bonchev–Trinajstić information content (AvgIpc) is 2.14. The van der Waals surface area contributed by atoms with Crippen LogP contribution in [0.4, 0.5) is 0 Å². The van der Waals surface area contributed by atoms with E-state index >= 15 is 0 Å². The van der Waals surface area contributed by atoms with Crippen LogP contribution in [-0.2, 0) is 12.0 Å². The van der Waals surface area contributed by atoms with Gasteiger partial charge >= 0.3 is 0 Å². The second kappa shape index (κ2) is 3.95. The van der Waals surface area contributed by atoms with Gasteiger partial charge in [0.2, 0.25) is 0 Å². The molecule has 1 heterocycles. The summed E-state index contributed by atoms with van der Waals surface area (Å²) in [5.41, 5.74) is 1.77. The SMILES string of the molecule is CC(C)Cc1ccc(C2(O)CNC2)cc1. The Morgan fingerprint density at radius 1 is 1.27 bits per heavy atom. The lowest BCUT2D eigenvalue weighted by molar-refractivity contribution is -0.0146. The summed E-state index contributed by atoms with van der Waals surface area (Å²) in [5.74, 6) is 0.685. The molecule has 1 saturated heterocycles. The Hall–Kier alpha value is -0.860. The molecule has 2 N–H and O–H groups in total. The third kappa shape index (κ3) is 2.21. The van der Waals surface area contributed by atoms with Crippen molar-refractivity contribution in [3.05, 3.63) is 35.4 Å². The maximum atomic E-state index is 10.1. The Labute approximate surface area is 91.3 Å². The molecular formula is C13H19NO. The van der Waals surface area contributed by atoms with Crippen LogP contribution in [0.25, 0.3) is 0 Å². The van der Waals surface area contributed by atoms with E-state index in [-0.39, 0.29) is 0 Å². The zero-order valence-electron chi connectivity index (χ0n) is 9.46. The van der Waals surface area contributed by atoms with Gasteiger partial charge in [0.1, 0.15) is 5.60 Å². The molecule has 0 amide bonds. The van der Waals surface area contributed by atoms with Gasteiger partial charge in [0, 0.05) is 13.1 Å². The fourth-order valence-electron chi connectivity index (χ4n) is 1.99. The predicted octanol–water partition coefficient (Wildman–Crippen LogP) is 1.68. The van der Waals surface area contributed by atoms with Crippen LogP contribution in [0.15, 0.2) is 24.3 Å². The highest BCUT2D eigenvalue weighted by Gasteiger charge is 2.35. The summed E-state index contributed by atoms with van der Waals surface area (Å²) in [5, 5.41) is 13.2. The third-order valence-corrected chi connectivity index (χ3v) is 2.97. The second-order valence-electron chi connectivity index (χ2n) is 4.93. The van der Waals surface area contributed by atoms with Gasteiger partial charge in [0.05, 0.1) is 0 Å². The van der Waals surface area contributed by atoms with Crippen molar-refractivity contribution in [3.63, 3.8) is 0 Å². The Morgan fingerprint density at radius 3 is 2.27 bits per heavy atom. The molecule has 1 aliphatic heterocycles. The van der Waals surface area contributed by atoms with E-state index in [1.54, 1.807) is 0 Å². The topological polar surface area (TPSA) is 32.3 Å². The van der Waals surface area contributed by atoms with Gasteiger partial charge in [0.15, 0.2) is 0 Å². The molecule has 0 aliphatic carbocycles. The van der Waals surface area contributed by atoms with Gasteiger partial charge in [-0.2, -0.15) is 0 Å². The molecule has 1 aromatic carbocycles. The zero-order chi connectivity index (χ0) is 10.9. The Kier molecular flexibility index (Phi) is 2.81. The van der Waals surface area contributed by atoms with Crippen LogP contribution in [0.2, 0.25) is 0 Å². The van der Waals surface area contributed by atoms with E-state index in [1.807, 2.05) is 0 Å². The number of rotatable bonds is 3. The van der Waals surface area contributed by atoms with Gasteiger partial charge in [-0.1, -0.05) is 38.1 Å². The molecule has 0 spiro atoms. The lowest BCUT2D eigenvalue weighted by Gasteiger charge is -2.38. The van der Waals surface area contributed by atoms with E-state index in [4.69, 9.17) is 0 Å². The van der Waals surface area contributed by atoms with Crippen LogP contribution in [0.3, 0.4) is 0 Å². The first-order chi connectivity index (χ1) is 7.10. The first-order valence-corrected chi connectivity index (χ1v) is 5.63. The molecule has 0 saturated carbocycles. The van der Waals surface area contributed by atoms with Gasteiger partial charge < -0.3 is 10.4 Å². The van der Waals surface area contributed by atoms with Crippen molar-refractivity contribution >= 4 is 0 Å².